The maximum atomic E-state index is 14.9. The van der Waals surface area contributed by atoms with Crippen molar-refractivity contribution in [3.05, 3.63) is 64.7 Å². The Morgan fingerprint density at radius 1 is 1.04 bits per heavy atom. The van der Waals surface area contributed by atoms with Gasteiger partial charge in [-0.25, -0.2) is 0 Å². The molecule has 3 N–H and O–H groups in total. The smallest absolute Gasteiger partial charge is 0.429 e. The minimum absolute atomic E-state index is 0.0921. The number of nitrogens with two attached hydrogens (primary N) is 1. The van der Waals surface area contributed by atoms with Crippen LogP contribution in [0.3, 0.4) is 0 Å². The Morgan fingerprint density at radius 3 is 2.48 bits per heavy atom. The Hall–Kier alpha value is -4.14. The van der Waals surface area contributed by atoms with Crippen LogP contribution in [0.5, 0.6) is 5.88 Å². The van der Waals surface area contributed by atoms with Crippen molar-refractivity contribution in [1.29, 1.82) is 0 Å². The first-order valence-corrected chi connectivity index (χ1v) is 18.3. The number of nitrogens with one attached hydrogen (secondary N) is 1. The summed E-state index contributed by atoms with van der Waals surface area (Å²) in [5, 5.41) is 3.51. The van der Waals surface area contributed by atoms with E-state index in [1.54, 1.807) is 36.1 Å². The number of nitrogens with zero attached hydrogens (tertiary/aromatic N) is 5. The fraction of sp³-hybridized carbons (Fsp3) is 0.514. The molecule has 2 atom stereocenters. The number of nitrogen functional groups attached to an aromatic ring is 1. The van der Waals surface area contributed by atoms with Crippen LogP contribution in [0.2, 0.25) is 5.02 Å². The molecule has 1 aromatic heterocycles. The normalized spacial score (nSPS) is 21.3. The third kappa shape index (κ3) is 7.93. The second-order valence-electron chi connectivity index (χ2n) is 14.2. The summed E-state index contributed by atoms with van der Waals surface area (Å²) >= 11 is 6.35. The lowest BCUT2D eigenvalue weighted by Crippen LogP contribution is -2.49. The monoisotopic (exact) mass is 741 g/mol. The summed E-state index contributed by atoms with van der Waals surface area (Å²) in [5.74, 6) is -0.620. The van der Waals surface area contributed by atoms with Gasteiger partial charge in [-0.3, -0.25) is 14.5 Å². The first kappa shape index (κ1) is 36.2. The summed E-state index contributed by atoms with van der Waals surface area (Å²) in [6.07, 6.45) is -2.76. The van der Waals surface area contributed by atoms with Gasteiger partial charge in [-0.15, -0.1) is 0 Å². The SMILES string of the molecule is CCOC(=O)[C@@H]1CC2(CCN(c3cc(O[C@H](c4ccc(Cl)cc4-c4cccc(C(=O)N5CCN(C6CC6)CC5)c4)C(F)(F)F)nc(N)n3)CC2)CN1. The minimum Gasteiger partial charge on any atom is -0.465 e. The summed E-state index contributed by atoms with van der Waals surface area (Å²) in [4.78, 5) is 40.3. The topological polar surface area (TPSA) is 126 Å². The molecule has 3 saturated heterocycles. The first-order valence-electron chi connectivity index (χ1n) is 17.9. The van der Waals surface area contributed by atoms with Gasteiger partial charge >= 0.3 is 12.1 Å². The molecule has 52 heavy (non-hydrogen) atoms. The van der Waals surface area contributed by atoms with Crippen molar-refractivity contribution < 1.29 is 32.2 Å². The molecule has 1 aliphatic carbocycles. The molecule has 0 bridgehead atoms. The van der Waals surface area contributed by atoms with Crippen molar-refractivity contribution in [3.8, 4) is 17.0 Å². The molecule has 4 heterocycles. The highest BCUT2D eigenvalue weighted by Crippen LogP contribution is 2.44. The summed E-state index contributed by atoms with van der Waals surface area (Å²) in [6, 6.07) is 12.4. The highest BCUT2D eigenvalue weighted by molar-refractivity contribution is 6.30. The number of alkyl halides is 3. The lowest BCUT2D eigenvalue weighted by atomic mass is 9.76. The number of esters is 1. The third-order valence-electron chi connectivity index (χ3n) is 10.7. The van der Waals surface area contributed by atoms with Gasteiger partial charge in [-0.05, 0) is 79.8 Å². The van der Waals surface area contributed by atoms with E-state index in [0.717, 1.165) is 25.9 Å². The van der Waals surface area contributed by atoms with Crippen molar-refractivity contribution in [2.75, 3.05) is 63.1 Å². The summed E-state index contributed by atoms with van der Waals surface area (Å²) in [7, 11) is 0. The van der Waals surface area contributed by atoms with Gasteiger partial charge in [0.05, 0.1) is 6.61 Å². The zero-order valence-electron chi connectivity index (χ0n) is 29.0. The van der Waals surface area contributed by atoms with Crippen molar-refractivity contribution in [2.24, 2.45) is 5.41 Å². The number of amides is 1. The molecule has 278 valence electrons. The van der Waals surface area contributed by atoms with Crippen molar-refractivity contribution in [1.82, 2.24) is 25.1 Å². The summed E-state index contributed by atoms with van der Waals surface area (Å²) in [6.45, 7) is 6.70. The van der Waals surface area contributed by atoms with Crippen LogP contribution in [0.1, 0.15) is 61.1 Å². The van der Waals surface area contributed by atoms with Crippen LogP contribution in [0.25, 0.3) is 11.1 Å². The van der Waals surface area contributed by atoms with Crippen LogP contribution in [0, 0.1) is 5.41 Å². The second kappa shape index (κ2) is 14.7. The van der Waals surface area contributed by atoms with Gasteiger partial charge in [-0.2, -0.15) is 23.1 Å². The summed E-state index contributed by atoms with van der Waals surface area (Å²) in [5.41, 5.74) is 6.71. The molecule has 4 aliphatic rings. The van der Waals surface area contributed by atoms with Crippen molar-refractivity contribution in [2.45, 2.75) is 63.4 Å². The predicted octanol–water partition coefficient (Wildman–Crippen LogP) is 5.49. The number of carbonyl (C=O) groups is 2. The van der Waals surface area contributed by atoms with E-state index in [1.165, 1.54) is 37.1 Å². The Labute approximate surface area is 305 Å². The molecule has 2 aromatic carbocycles. The second-order valence-corrected chi connectivity index (χ2v) is 14.6. The maximum absolute atomic E-state index is 14.9. The van der Waals surface area contributed by atoms with Crippen LogP contribution < -0.4 is 20.7 Å². The zero-order valence-corrected chi connectivity index (χ0v) is 29.8. The number of ether oxygens (including phenoxy) is 2. The number of aromatic nitrogens is 2. The van der Waals surface area contributed by atoms with E-state index in [-0.39, 0.29) is 51.3 Å². The highest BCUT2D eigenvalue weighted by atomic mass is 35.5. The van der Waals surface area contributed by atoms with Gasteiger partial charge in [0.15, 0.2) is 0 Å². The van der Waals surface area contributed by atoms with E-state index in [4.69, 9.17) is 26.8 Å². The Bertz CT molecular complexity index is 1790. The maximum Gasteiger partial charge on any atom is 0.429 e. The van der Waals surface area contributed by atoms with Gasteiger partial charge in [0.1, 0.15) is 11.9 Å². The van der Waals surface area contributed by atoms with E-state index < -0.39 is 12.3 Å². The van der Waals surface area contributed by atoms with E-state index in [9.17, 15) is 22.8 Å². The molecule has 7 rings (SSSR count). The Kier molecular flexibility index (Phi) is 10.2. The van der Waals surface area contributed by atoms with Crippen LogP contribution in [0.4, 0.5) is 24.9 Å². The van der Waals surface area contributed by atoms with E-state index in [0.29, 0.717) is 68.7 Å². The summed E-state index contributed by atoms with van der Waals surface area (Å²) < 4.78 is 55.7. The van der Waals surface area contributed by atoms with Crippen LogP contribution in [-0.4, -0.2) is 102 Å². The number of piperidine rings is 1. The largest absolute Gasteiger partial charge is 0.465 e. The number of hydrogen-bond acceptors (Lipinski definition) is 10. The number of piperazine rings is 1. The van der Waals surface area contributed by atoms with E-state index >= 15 is 0 Å². The van der Waals surface area contributed by atoms with Gasteiger partial charge in [0.25, 0.3) is 5.91 Å². The van der Waals surface area contributed by atoms with Crippen LogP contribution >= 0.6 is 11.6 Å². The molecule has 1 amide bonds. The minimum atomic E-state index is -4.86. The molecule has 1 spiro atoms. The zero-order chi connectivity index (χ0) is 36.6. The number of carbonyl (C=O) groups excluding carboxylic acids is 2. The third-order valence-corrected chi connectivity index (χ3v) is 10.9. The highest BCUT2D eigenvalue weighted by Gasteiger charge is 2.46. The quantitative estimate of drug-likeness (QED) is 0.272. The standard InChI is InChI=1S/C37H43ClF3N7O4/c1-2-51-34(50)29-21-36(22-43-29)10-12-47(13-11-36)30-20-31(45-35(42)44-30)52-32(37(39,40)41)27-9-6-25(38)19-28(27)23-4-3-5-24(18-23)33(49)48-16-14-46(15-17-48)26-7-8-26/h3-6,9,18-20,26,29,32,43H,2,7-8,10-17,21-22H2,1H3,(H2,42,44,45)/t29-,32+/m0/s1. The number of benzene rings is 2. The molecule has 3 aromatic rings. The molecular formula is C37H43ClF3N7O4. The van der Waals surface area contributed by atoms with Crippen molar-refractivity contribution in [3.63, 3.8) is 0 Å². The lowest BCUT2D eigenvalue weighted by molar-refractivity contribution is -0.198. The van der Waals surface area contributed by atoms with Crippen LogP contribution in [0.15, 0.2) is 48.5 Å². The fourth-order valence-electron chi connectivity index (χ4n) is 7.74. The molecule has 15 heteroatoms. The number of rotatable bonds is 9. The van der Waals surface area contributed by atoms with Gasteiger partial charge in [0.2, 0.25) is 17.9 Å². The molecule has 4 fully saturated rings. The molecular weight excluding hydrogens is 699 g/mol. The molecule has 0 radical (unpaired) electrons. The average Bonchev–Trinajstić information content (AvgIpc) is 3.90. The van der Waals surface area contributed by atoms with E-state index in [2.05, 4.69) is 20.2 Å². The molecule has 0 unspecified atom stereocenters. The molecule has 11 nitrogen and oxygen atoms in total. The Morgan fingerprint density at radius 2 is 1.79 bits per heavy atom. The van der Waals surface area contributed by atoms with Gasteiger partial charge in [-0.1, -0.05) is 29.8 Å². The molecule has 1 saturated carbocycles. The molecule has 3 aliphatic heterocycles. The number of anilines is 2. The average molecular weight is 742 g/mol. The first-order chi connectivity index (χ1) is 24.9. The van der Waals surface area contributed by atoms with Crippen LogP contribution in [-0.2, 0) is 9.53 Å². The number of hydrogen-bond donors (Lipinski definition) is 2. The van der Waals surface area contributed by atoms with Gasteiger partial charge < -0.3 is 30.3 Å². The predicted molar refractivity (Wildman–Crippen MR) is 190 cm³/mol. The lowest BCUT2D eigenvalue weighted by Gasteiger charge is -2.39. The number of halogens is 4. The Balaban J connectivity index is 1.10. The van der Waals surface area contributed by atoms with E-state index in [1.807, 2.05) is 4.90 Å². The fourth-order valence-corrected chi connectivity index (χ4v) is 7.91. The van der Waals surface area contributed by atoms with Gasteiger partial charge in [0, 0.05) is 74.1 Å². The van der Waals surface area contributed by atoms with Crippen molar-refractivity contribution >= 4 is 35.2 Å².